The van der Waals surface area contributed by atoms with Gasteiger partial charge >= 0.3 is 0 Å². The van der Waals surface area contributed by atoms with E-state index in [2.05, 4.69) is 39.9 Å². The number of anilines is 2. The number of rotatable bonds is 5. The van der Waals surface area contributed by atoms with E-state index in [-0.39, 0.29) is 12.0 Å². The summed E-state index contributed by atoms with van der Waals surface area (Å²) >= 11 is 0. The molecule has 0 amide bonds. The molecule has 0 saturated heterocycles. The minimum atomic E-state index is 0.111. The molecular weight excluding hydrogens is 288 g/mol. The Labute approximate surface area is 134 Å². The molecule has 3 rings (SSSR count). The molecule has 0 saturated carbocycles. The summed E-state index contributed by atoms with van der Waals surface area (Å²) in [7, 11) is 0. The molecule has 1 heterocycles. The first-order chi connectivity index (χ1) is 11.1. The van der Waals surface area contributed by atoms with Crippen LogP contribution in [0.3, 0.4) is 0 Å². The van der Waals surface area contributed by atoms with E-state index in [0.29, 0.717) is 5.82 Å². The number of benzene rings is 2. The van der Waals surface area contributed by atoms with Gasteiger partial charge in [0.15, 0.2) is 0 Å². The lowest BCUT2D eigenvalue weighted by atomic mass is 10.1. The molecule has 118 valence electrons. The highest BCUT2D eigenvalue weighted by Crippen LogP contribution is 2.23. The van der Waals surface area contributed by atoms with Gasteiger partial charge in [0.25, 0.3) is 0 Å². The van der Waals surface area contributed by atoms with Crippen LogP contribution in [0.15, 0.2) is 48.5 Å². The first-order valence-corrected chi connectivity index (χ1v) is 7.48. The van der Waals surface area contributed by atoms with Gasteiger partial charge in [-0.25, -0.2) is 4.98 Å². The molecule has 1 unspecified atom stereocenters. The number of nitrogen functional groups attached to an aromatic ring is 2. The summed E-state index contributed by atoms with van der Waals surface area (Å²) in [5.74, 6) is 0.595. The second kappa shape index (κ2) is 6.60. The summed E-state index contributed by atoms with van der Waals surface area (Å²) in [6, 6.07) is 16.2. The molecule has 0 aliphatic heterocycles. The van der Waals surface area contributed by atoms with E-state index in [4.69, 9.17) is 11.5 Å². The third-order valence-electron chi connectivity index (χ3n) is 3.72. The summed E-state index contributed by atoms with van der Waals surface area (Å²) in [4.78, 5) is 8.20. The monoisotopic (exact) mass is 308 g/mol. The van der Waals surface area contributed by atoms with Crippen LogP contribution in [0.1, 0.15) is 24.1 Å². The summed E-state index contributed by atoms with van der Waals surface area (Å²) < 4.78 is 0. The van der Waals surface area contributed by atoms with Crippen molar-refractivity contribution < 1.29 is 0 Å². The SMILES string of the molecule is CC(NNCc1ccccc1)c1ccc2nc(N)nc(N)c2c1. The topological polar surface area (TPSA) is 102 Å². The average molecular weight is 308 g/mol. The van der Waals surface area contributed by atoms with Gasteiger partial charge in [0.1, 0.15) is 5.82 Å². The highest BCUT2D eigenvalue weighted by Gasteiger charge is 2.09. The van der Waals surface area contributed by atoms with Crippen molar-refractivity contribution in [2.75, 3.05) is 11.5 Å². The molecule has 1 atom stereocenters. The highest BCUT2D eigenvalue weighted by molar-refractivity contribution is 5.89. The summed E-state index contributed by atoms with van der Waals surface area (Å²) in [6.45, 7) is 2.83. The minimum Gasteiger partial charge on any atom is -0.383 e. The second-order valence-electron chi connectivity index (χ2n) is 5.45. The van der Waals surface area contributed by atoms with Crippen molar-refractivity contribution in [2.45, 2.75) is 19.5 Å². The maximum absolute atomic E-state index is 5.94. The smallest absolute Gasteiger partial charge is 0.222 e. The van der Waals surface area contributed by atoms with Crippen molar-refractivity contribution in [3.05, 3.63) is 59.7 Å². The third kappa shape index (κ3) is 3.56. The van der Waals surface area contributed by atoms with Gasteiger partial charge in [0.05, 0.1) is 5.52 Å². The van der Waals surface area contributed by atoms with Crippen LogP contribution in [-0.4, -0.2) is 9.97 Å². The van der Waals surface area contributed by atoms with E-state index in [1.54, 1.807) is 0 Å². The molecule has 0 radical (unpaired) electrons. The molecule has 6 heteroatoms. The largest absolute Gasteiger partial charge is 0.383 e. The van der Waals surface area contributed by atoms with Gasteiger partial charge in [0, 0.05) is 18.0 Å². The quantitative estimate of drug-likeness (QED) is 0.539. The van der Waals surface area contributed by atoms with Gasteiger partial charge in [-0.05, 0) is 30.2 Å². The summed E-state index contributed by atoms with van der Waals surface area (Å²) in [6.07, 6.45) is 0. The molecule has 0 aliphatic rings. The molecule has 2 aromatic carbocycles. The third-order valence-corrected chi connectivity index (χ3v) is 3.72. The second-order valence-corrected chi connectivity index (χ2v) is 5.45. The fourth-order valence-corrected chi connectivity index (χ4v) is 2.44. The average Bonchev–Trinajstić information content (AvgIpc) is 2.55. The van der Waals surface area contributed by atoms with Crippen LogP contribution >= 0.6 is 0 Å². The van der Waals surface area contributed by atoms with Crippen molar-refractivity contribution >= 4 is 22.7 Å². The van der Waals surface area contributed by atoms with Gasteiger partial charge in [-0.15, -0.1) is 0 Å². The van der Waals surface area contributed by atoms with Crippen LogP contribution in [0.25, 0.3) is 10.9 Å². The molecule has 3 aromatic rings. The zero-order chi connectivity index (χ0) is 16.2. The molecule has 0 aliphatic carbocycles. The molecule has 23 heavy (non-hydrogen) atoms. The number of hydrogen-bond donors (Lipinski definition) is 4. The van der Waals surface area contributed by atoms with Gasteiger partial charge in [-0.1, -0.05) is 36.4 Å². The molecule has 0 bridgehead atoms. The Kier molecular flexibility index (Phi) is 4.36. The first kappa shape index (κ1) is 15.2. The Morgan fingerprint density at radius 3 is 2.61 bits per heavy atom. The molecule has 6 nitrogen and oxygen atoms in total. The van der Waals surface area contributed by atoms with Crippen LogP contribution in [0.2, 0.25) is 0 Å². The van der Waals surface area contributed by atoms with E-state index in [9.17, 15) is 0 Å². The van der Waals surface area contributed by atoms with Gasteiger partial charge in [0.2, 0.25) is 5.95 Å². The highest BCUT2D eigenvalue weighted by atomic mass is 15.4. The molecule has 6 N–H and O–H groups in total. The lowest BCUT2D eigenvalue weighted by Gasteiger charge is -2.16. The standard InChI is InChI=1S/C17H20N6/c1-11(23-20-10-12-5-3-2-4-6-12)13-7-8-15-14(9-13)16(18)22-17(19)21-15/h2-9,11,20,23H,10H2,1H3,(H4,18,19,21,22). The van der Waals surface area contributed by atoms with E-state index >= 15 is 0 Å². The minimum absolute atomic E-state index is 0.111. The van der Waals surface area contributed by atoms with Crippen LogP contribution in [0.4, 0.5) is 11.8 Å². The van der Waals surface area contributed by atoms with Gasteiger partial charge < -0.3 is 11.5 Å². The Balaban J connectivity index is 1.69. The van der Waals surface area contributed by atoms with Gasteiger partial charge in [-0.2, -0.15) is 4.98 Å². The van der Waals surface area contributed by atoms with E-state index in [1.165, 1.54) is 5.56 Å². The number of fused-ring (bicyclic) bond motifs is 1. The van der Waals surface area contributed by atoms with Crippen molar-refractivity contribution in [3.63, 3.8) is 0 Å². The maximum atomic E-state index is 5.94. The predicted molar refractivity (Wildman–Crippen MR) is 93.2 cm³/mol. The fourth-order valence-electron chi connectivity index (χ4n) is 2.44. The molecule has 0 spiro atoms. The predicted octanol–water partition coefficient (Wildman–Crippen LogP) is 2.15. The summed E-state index contributed by atoms with van der Waals surface area (Å²) in [5.41, 5.74) is 21.1. The van der Waals surface area contributed by atoms with E-state index < -0.39 is 0 Å². The number of nitrogens with one attached hydrogen (secondary N) is 2. The van der Waals surface area contributed by atoms with Gasteiger partial charge in [-0.3, -0.25) is 10.9 Å². The Bertz CT molecular complexity index is 803. The zero-order valence-electron chi connectivity index (χ0n) is 13.0. The van der Waals surface area contributed by atoms with Crippen LogP contribution < -0.4 is 22.3 Å². The van der Waals surface area contributed by atoms with Crippen molar-refractivity contribution in [3.8, 4) is 0 Å². The van der Waals surface area contributed by atoms with Crippen LogP contribution in [0.5, 0.6) is 0 Å². The number of aromatic nitrogens is 2. The lowest BCUT2D eigenvalue weighted by molar-refractivity contribution is 0.460. The van der Waals surface area contributed by atoms with E-state index in [1.807, 2.05) is 36.4 Å². The molecule has 1 aromatic heterocycles. The summed E-state index contributed by atoms with van der Waals surface area (Å²) in [5, 5.41) is 0.813. The zero-order valence-corrected chi connectivity index (χ0v) is 13.0. The molecule has 0 fully saturated rings. The Morgan fingerprint density at radius 1 is 1.04 bits per heavy atom. The maximum Gasteiger partial charge on any atom is 0.222 e. The lowest BCUT2D eigenvalue weighted by Crippen LogP contribution is -2.33. The van der Waals surface area contributed by atoms with Crippen molar-refractivity contribution in [1.82, 2.24) is 20.8 Å². The number of nitrogens with zero attached hydrogens (tertiary/aromatic N) is 2. The normalized spacial score (nSPS) is 12.4. The molecular formula is C17H20N6. The fraction of sp³-hybridized carbons (Fsp3) is 0.176. The number of hydrazine groups is 1. The van der Waals surface area contributed by atoms with Crippen LogP contribution in [-0.2, 0) is 6.54 Å². The van der Waals surface area contributed by atoms with Crippen molar-refractivity contribution in [1.29, 1.82) is 0 Å². The van der Waals surface area contributed by atoms with E-state index in [0.717, 1.165) is 23.0 Å². The first-order valence-electron chi connectivity index (χ1n) is 7.48. The Hall–Kier alpha value is -2.70. The van der Waals surface area contributed by atoms with Crippen molar-refractivity contribution in [2.24, 2.45) is 0 Å². The van der Waals surface area contributed by atoms with Crippen LogP contribution in [0, 0.1) is 0 Å². The number of hydrogen-bond acceptors (Lipinski definition) is 6. The number of nitrogens with two attached hydrogens (primary N) is 2. The Morgan fingerprint density at radius 2 is 1.83 bits per heavy atom.